The van der Waals surface area contributed by atoms with Crippen molar-refractivity contribution in [3.8, 4) is 0 Å². The van der Waals surface area contributed by atoms with Crippen LogP contribution in [0.1, 0.15) is 39.5 Å². The molecule has 17 heavy (non-hydrogen) atoms. The molecule has 0 aromatic carbocycles. The predicted molar refractivity (Wildman–Crippen MR) is 71.9 cm³/mol. The van der Waals surface area contributed by atoms with Gasteiger partial charge in [-0.1, -0.05) is 13.8 Å². The summed E-state index contributed by atoms with van der Waals surface area (Å²) < 4.78 is 25.7. The number of nitrogens with zero attached hydrogens (tertiary/aromatic N) is 1. The molecule has 0 heterocycles. The molecule has 0 aromatic heterocycles. The first-order valence-corrected chi connectivity index (χ1v) is 8.34. The van der Waals surface area contributed by atoms with Crippen molar-refractivity contribution in [2.45, 2.75) is 45.6 Å². The number of sulfonamides is 1. The van der Waals surface area contributed by atoms with E-state index in [1.54, 1.807) is 0 Å². The molecule has 0 unspecified atom stereocenters. The van der Waals surface area contributed by atoms with Crippen LogP contribution in [0.5, 0.6) is 0 Å². The van der Waals surface area contributed by atoms with Crippen molar-refractivity contribution in [3.05, 3.63) is 0 Å². The monoisotopic (exact) mass is 285 g/mol. The number of alkyl halides is 1. The molecule has 0 rings (SSSR count). The molecule has 1 N–H and O–H groups in total. The number of halogens is 1. The molecule has 0 spiro atoms. The topological polar surface area (TPSA) is 57.6 Å². The van der Waals surface area contributed by atoms with Crippen LogP contribution in [0.15, 0.2) is 0 Å². The summed E-state index contributed by atoms with van der Waals surface area (Å²) in [4.78, 5) is 0. The summed E-state index contributed by atoms with van der Waals surface area (Å²) in [5.41, 5.74) is 0. The Balaban J connectivity index is 4.65. The van der Waals surface area contributed by atoms with Gasteiger partial charge in [-0.3, -0.25) is 0 Å². The third-order valence-electron chi connectivity index (χ3n) is 2.81. The van der Waals surface area contributed by atoms with Crippen LogP contribution >= 0.6 is 11.6 Å². The number of hydrogen-bond acceptors (Lipinski definition) is 3. The van der Waals surface area contributed by atoms with Gasteiger partial charge in [-0.25, -0.2) is 8.42 Å². The first kappa shape index (κ1) is 17.2. The molecular formula is C11H24ClNO3S. The average molecular weight is 286 g/mol. The zero-order chi connectivity index (χ0) is 13.3. The Bertz CT molecular complexity index is 278. The maximum absolute atomic E-state index is 12.1. The fourth-order valence-electron chi connectivity index (χ4n) is 1.84. The summed E-state index contributed by atoms with van der Waals surface area (Å²) in [6.45, 7) is 3.99. The van der Waals surface area contributed by atoms with Crippen molar-refractivity contribution in [3.63, 3.8) is 0 Å². The van der Waals surface area contributed by atoms with Gasteiger partial charge in [0.05, 0.1) is 12.4 Å². The number of aliphatic hydroxyl groups excluding tert-OH is 1. The van der Waals surface area contributed by atoms with Gasteiger partial charge in [0, 0.05) is 18.5 Å². The minimum Gasteiger partial charge on any atom is -0.395 e. The fourth-order valence-corrected chi connectivity index (χ4v) is 3.94. The lowest BCUT2D eigenvalue weighted by atomic mass is 10.2. The van der Waals surface area contributed by atoms with E-state index in [2.05, 4.69) is 0 Å². The fraction of sp³-hybridized carbons (Fsp3) is 1.00. The molecule has 0 bridgehead atoms. The van der Waals surface area contributed by atoms with E-state index in [1.165, 1.54) is 4.31 Å². The van der Waals surface area contributed by atoms with Crippen molar-refractivity contribution in [2.24, 2.45) is 0 Å². The molecule has 0 fully saturated rings. The Kier molecular flexibility index (Phi) is 9.22. The van der Waals surface area contributed by atoms with E-state index >= 15 is 0 Å². The maximum Gasteiger partial charge on any atom is 0.214 e. The summed E-state index contributed by atoms with van der Waals surface area (Å²) in [6, 6.07) is -0.0110. The zero-order valence-electron chi connectivity index (χ0n) is 10.7. The lowest BCUT2D eigenvalue weighted by Gasteiger charge is -2.29. The van der Waals surface area contributed by atoms with E-state index in [9.17, 15) is 8.42 Å². The molecule has 0 saturated carbocycles. The number of hydrogen-bond donors (Lipinski definition) is 1. The molecule has 0 aliphatic rings. The second kappa shape index (κ2) is 9.14. The van der Waals surface area contributed by atoms with Gasteiger partial charge in [0.1, 0.15) is 0 Å². The van der Waals surface area contributed by atoms with Crippen molar-refractivity contribution in [1.82, 2.24) is 4.31 Å². The van der Waals surface area contributed by atoms with Gasteiger partial charge in [0.25, 0.3) is 0 Å². The Morgan fingerprint density at radius 3 is 2.24 bits per heavy atom. The van der Waals surface area contributed by atoms with Crippen LogP contribution in [0.25, 0.3) is 0 Å². The van der Waals surface area contributed by atoms with Gasteiger partial charge >= 0.3 is 0 Å². The summed E-state index contributed by atoms with van der Waals surface area (Å²) in [7, 11) is -3.27. The summed E-state index contributed by atoms with van der Waals surface area (Å²) in [5.74, 6) is 0.608. The van der Waals surface area contributed by atoms with Crippen molar-refractivity contribution in [2.75, 3.05) is 24.8 Å². The summed E-state index contributed by atoms with van der Waals surface area (Å²) in [6.07, 6.45) is 2.82. The first-order chi connectivity index (χ1) is 8.03. The molecule has 0 aliphatic heterocycles. The van der Waals surface area contributed by atoms with Crippen molar-refractivity contribution < 1.29 is 13.5 Å². The van der Waals surface area contributed by atoms with Gasteiger partial charge in [-0.05, 0) is 25.7 Å². The molecule has 0 radical (unpaired) electrons. The highest BCUT2D eigenvalue weighted by Crippen LogP contribution is 2.15. The SMILES string of the molecule is CCC(CC)N(CCO)S(=O)(=O)CCCCCl. The number of aliphatic hydroxyl groups is 1. The Morgan fingerprint density at radius 2 is 1.82 bits per heavy atom. The van der Waals surface area contributed by atoms with Crippen molar-refractivity contribution in [1.29, 1.82) is 0 Å². The Morgan fingerprint density at radius 1 is 1.24 bits per heavy atom. The minimum atomic E-state index is -3.27. The zero-order valence-corrected chi connectivity index (χ0v) is 12.3. The lowest BCUT2D eigenvalue weighted by Crippen LogP contribution is -2.42. The first-order valence-electron chi connectivity index (χ1n) is 6.19. The second-order valence-corrected chi connectivity index (χ2v) is 6.44. The highest BCUT2D eigenvalue weighted by Gasteiger charge is 2.26. The molecule has 0 aromatic rings. The average Bonchev–Trinajstić information content (AvgIpc) is 2.29. The number of unbranched alkanes of at least 4 members (excludes halogenated alkanes) is 1. The summed E-state index contributed by atoms with van der Waals surface area (Å²) >= 11 is 5.54. The van der Waals surface area contributed by atoms with Crippen LogP contribution in [-0.2, 0) is 10.0 Å². The minimum absolute atomic E-state index is 0.0110. The molecule has 0 saturated heterocycles. The van der Waals surface area contributed by atoms with Crippen LogP contribution in [0, 0.1) is 0 Å². The number of rotatable bonds is 10. The van der Waals surface area contributed by atoms with E-state index in [1.807, 2.05) is 13.8 Å². The van der Waals surface area contributed by atoms with Crippen LogP contribution < -0.4 is 0 Å². The van der Waals surface area contributed by atoms with Crippen LogP contribution in [0.2, 0.25) is 0 Å². The van der Waals surface area contributed by atoms with Crippen LogP contribution in [-0.4, -0.2) is 48.7 Å². The van der Waals surface area contributed by atoms with E-state index in [0.29, 0.717) is 18.7 Å². The van der Waals surface area contributed by atoms with E-state index in [-0.39, 0.29) is 24.9 Å². The van der Waals surface area contributed by atoms with Gasteiger partial charge in [0.2, 0.25) is 10.0 Å². The van der Waals surface area contributed by atoms with Crippen LogP contribution in [0.4, 0.5) is 0 Å². The smallest absolute Gasteiger partial charge is 0.214 e. The third-order valence-corrected chi connectivity index (χ3v) is 5.08. The lowest BCUT2D eigenvalue weighted by molar-refractivity contribution is 0.219. The van der Waals surface area contributed by atoms with Gasteiger partial charge in [-0.2, -0.15) is 4.31 Å². The Hall–Kier alpha value is 0.160. The molecule has 0 atom stereocenters. The van der Waals surface area contributed by atoms with E-state index < -0.39 is 10.0 Å². The van der Waals surface area contributed by atoms with Crippen LogP contribution in [0.3, 0.4) is 0 Å². The molecule has 0 aliphatic carbocycles. The third kappa shape index (κ3) is 6.04. The standard InChI is InChI=1S/C11H24ClNO3S/c1-3-11(4-2)13(8-9-14)17(15,16)10-6-5-7-12/h11,14H,3-10H2,1-2H3. The maximum atomic E-state index is 12.1. The molecule has 104 valence electrons. The highest BCUT2D eigenvalue weighted by molar-refractivity contribution is 7.89. The quantitative estimate of drug-likeness (QED) is 0.492. The van der Waals surface area contributed by atoms with Gasteiger partial charge in [-0.15, -0.1) is 11.6 Å². The summed E-state index contributed by atoms with van der Waals surface area (Å²) in [5, 5.41) is 8.98. The molecule has 6 heteroatoms. The van der Waals surface area contributed by atoms with E-state index in [4.69, 9.17) is 16.7 Å². The van der Waals surface area contributed by atoms with Crippen molar-refractivity contribution >= 4 is 21.6 Å². The van der Waals surface area contributed by atoms with Gasteiger partial charge in [0.15, 0.2) is 0 Å². The largest absolute Gasteiger partial charge is 0.395 e. The highest BCUT2D eigenvalue weighted by atomic mass is 35.5. The van der Waals surface area contributed by atoms with E-state index in [0.717, 1.165) is 12.8 Å². The molecule has 4 nitrogen and oxygen atoms in total. The second-order valence-electron chi connectivity index (χ2n) is 4.02. The predicted octanol–water partition coefficient (Wildman–Crippen LogP) is 1.82. The molecular weight excluding hydrogens is 262 g/mol. The van der Waals surface area contributed by atoms with Gasteiger partial charge < -0.3 is 5.11 Å². The normalized spacial score (nSPS) is 12.6. The molecule has 0 amide bonds. The Labute approximate surface area is 110 Å².